The van der Waals surface area contributed by atoms with Crippen molar-refractivity contribution < 1.29 is 9.18 Å². The first-order valence-corrected chi connectivity index (χ1v) is 13.7. The van der Waals surface area contributed by atoms with Crippen molar-refractivity contribution in [2.24, 2.45) is 5.92 Å². The van der Waals surface area contributed by atoms with Gasteiger partial charge in [-0.15, -0.1) is 0 Å². The number of anilines is 3. The predicted molar refractivity (Wildman–Crippen MR) is 147 cm³/mol. The van der Waals surface area contributed by atoms with Crippen LogP contribution in [0.15, 0.2) is 36.4 Å². The lowest BCUT2D eigenvalue weighted by Crippen LogP contribution is -2.37. The number of hydrogen-bond acceptors (Lipinski definition) is 3. The summed E-state index contributed by atoms with van der Waals surface area (Å²) in [6, 6.07) is 11.2. The van der Waals surface area contributed by atoms with E-state index in [1.54, 1.807) is 4.90 Å². The van der Waals surface area contributed by atoms with Gasteiger partial charge in [0.25, 0.3) is 5.91 Å². The Balaban J connectivity index is 0.000000509. The molecule has 0 saturated carbocycles. The minimum atomic E-state index is -0.245. The molecule has 5 heteroatoms. The second-order valence-corrected chi connectivity index (χ2v) is 10.0. The van der Waals surface area contributed by atoms with Gasteiger partial charge in [0.05, 0.1) is 5.69 Å². The fraction of sp³-hybridized carbons (Fsp3) is 0.567. The molecule has 0 aliphatic carbocycles. The first-order chi connectivity index (χ1) is 17.0. The Morgan fingerprint density at radius 1 is 0.971 bits per heavy atom. The number of fused-ring (bicyclic) bond motifs is 1. The summed E-state index contributed by atoms with van der Waals surface area (Å²) in [6.45, 7) is 12.1. The van der Waals surface area contributed by atoms with E-state index in [0.29, 0.717) is 23.8 Å². The molecular weight excluding hydrogens is 437 g/mol. The van der Waals surface area contributed by atoms with Gasteiger partial charge in [0.15, 0.2) is 0 Å². The van der Waals surface area contributed by atoms with Crippen LogP contribution in [0.3, 0.4) is 0 Å². The maximum Gasteiger partial charge on any atom is 0.258 e. The summed E-state index contributed by atoms with van der Waals surface area (Å²) < 4.78 is 14.8. The third-order valence-corrected chi connectivity index (χ3v) is 7.01. The van der Waals surface area contributed by atoms with Gasteiger partial charge in [-0.3, -0.25) is 4.79 Å². The van der Waals surface area contributed by atoms with Crippen molar-refractivity contribution in [2.75, 3.05) is 41.3 Å². The van der Waals surface area contributed by atoms with Crippen LogP contribution in [0.25, 0.3) is 0 Å². The standard InChI is InChI=1S/C24H30FN3O.C6H14/c1-3-4-11-26-19-5-7-21-18(14-19)10-13-28(24(21)29)20-6-8-23(22(25)15-20)27-12-9-17(2)16-27;1-3-5-6-4-2/h5-8,14-15,17,26H,3-4,9-13,16H2,1-2H3;3-6H2,1-2H3. The van der Waals surface area contributed by atoms with Crippen molar-refractivity contribution in [1.29, 1.82) is 0 Å². The summed E-state index contributed by atoms with van der Waals surface area (Å²) in [5.41, 5.74) is 4.13. The van der Waals surface area contributed by atoms with Crippen LogP contribution in [0.1, 0.15) is 88.6 Å². The molecule has 1 saturated heterocycles. The molecule has 35 heavy (non-hydrogen) atoms. The third kappa shape index (κ3) is 7.22. The molecule has 1 unspecified atom stereocenters. The first kappa shape index (κ1) is 27.0. The molecule has 1 fully saturated rings. The molecule has 1 N–H and O–H groups in total. The summed E-state index contributed by atoms with van der Waals surface area (Å²) in [6.07, 6.45) is 9.68. The molecule has 2 aliphatic heterocycles. The number of unbranched alkanes of at least 4 members (excludes halogenated alkanes) is 4. The lowest BCUT2D eigenvalue weighted by atomic mass is 9.97. The number of carbonyl (C=O) groups is 1. The zero-order chi connectivity index (χ0) is 25.2. The van der Waals surface area contributed by atoms with Crippen LogP contribution in [0.2, 0.25) is 0 Å². The van der Waals surface area contributed by atoms with Gasteiger partial charge < -0.3 is 15.1 Å². The molecule has 4 nitrogen and oxygen atoms in total. The SMILES string of the molecule is CCCCCC.CCCCNc1ccc2c(c1)CCN(c1ccc(N3CCC(C)C3)c(F)c1)C2=O. The van der Waals surface area contributed by atoms with E-state index in [1.165, 1.54) is 31.7 Å². The topological polar surface area (TPSA) is 35.6 Å². The van der Waals surface area contributed by atoms with E-state index in [0.717, 1.165) is 62.1 Å². The number of nitrogens with one attached hydrogen (secondary N) is 1. The Labute approximate surface area is 211 Å². The highest BCUT2D eigenvalue weighted by molar-refractivity contribution is 6.08. The minimum Gasteiger partial charge on any atom is -0.385 e. The normalized spacial score (nSPS) is 17.2. The highest BCUT2D eigenvalue weighted by atomic mass is 19.1. The zero-order valence-corrected chi connectivity index (χ0v) is 22.2. The molecule has 0 radical (unpaired) electrons. The summed E-state index contributed by atoms with van der Waals surface area (Å²) in [5, 5.41) is 3.42. The number of amides is 1. The van der Waals surface area contributed by atoms with Gasteiger partial charge in [-0.1, -0.05) is 59.8 Å². The molecule has 1 amide bonds. The van der Waals surface area contributed by atoms with Gasteiger partial charge in [0.1, 0.15) is 5.82 Å². The maximum absolute atomic E-state index is 14.8. The summed E-state index contributed by atoms with van der Waals surface area (Å²) >= 11 is 0. The lowest BCUT2D eigenvalue weighted by Gasteiger charge is -2.30. The average Bonchev–Trinajstić information content (AvgIpc) is 3.29. The summed E-state index contributed by atoms with van der Waals surface area (Å²) in [7, 11) is 0. The molecule has 1 atom stereocenters. The fourth-order valence-corrected chi connectivity index (χ4v) is 4.83. The Bertz CT molecular complexity index is 957. The number of hydrogen-bond donors (Lipinski definition) is 1. The minimum absolute atomic E-state index is 0.0479. The van der Waals surface area contributed by atoms with Crippen LogP contribution in [-0.4, -0.2) is 32.1 Å². The van der Waals surface area contributed by atoms with Crippen molar-refractivity contribution in [1.82, 2.24) is 0 Å². The van der Waals surface area contributed by atoms with E-state index in [1.807, 2.05) is 24.3 Å². The molecule has 2 aliphatic rings. The second kappa shape index (κ2) is 13.5. The molecule has 2 aromatic rings. The van der Waals surface area contributed by atoms with Crippen LogP contribution in [0.5, 0.6) is 0 Å². The van der Waals surface area contributed by atoms with Crippen molar-refractivity contribution in [2.45, 2.75) is 79.1 Å². The lowest BCUT2D eigenvalue weighted by molar-refractivity contribution is 0.0980. The quantitative estimate of drug-likeness (QED) is 0.373. The highest BCUT2D eigenvalue weighted by Crippen LogP contribution is 2.32. The third-order valence-electron chi connectivity index (χ3n) is 7.01. The van der Waals surface area contributed by atoms with E-state index in [4.69, 9.17) is 0 Å². The van der Waals surface area contributed by atoms with Gasteiger partial charge in [-0.05, 0) is 67.1 Å². The van der Waals surface area contributed by atoms with Gasteiger partial charge in [0, 0.05) is 43.1 Å². The van der Waals surface area contributed by atoms with Crippen molar-refractivity contribution >= 4 is 23.0 Å². The molecule has 0 aromatic heterocycles. The van der Waals surface area contributed by atoms with E-state index in [2.05, 4.69) is 44.0 Å². The Hall–Kier alpha value is -2.56. The molecular formula is C30H44FN3O. The largest absolute Gasteiger partial charge is 0.385 e. The predicted octanol–water partition coefficient (Wildman–Crippen LogP) is 7.67. The summed E-state index contributed by atoms with van der Waals surface area (Å²) in [4.78, 5) is 16.9. The van der Waals surface area contributed by atoms with Gasteiger partial charge >= 0.3 is 0 Å². The monoisotopic (exact) mass is 481 g/mol. The number of carbonyl (C=O) groups excluding carboxylic acids is 1. The Morgan fingerprint density at radius 2 is 1.71 bits per heavy atom. The number of nitrogens with zero attached hydrogens (tertiary/aromatic N) is 2. The molecule has 0 spiro atoms. The molecule has 2 heterocycles. The number of halogens is 1. The Kier molecular flexibility index (Phi) is 10.4. The van der Waals surface area contributed by atoms with Gasteiger partial charge in [0.2, 0.25) is 0 Å². The van der Waals surface area contributed by atoms with E-state index < -0.39 is 0 Å². The zero-order valence-electron chi connectivity index (χ0n) is 22.2. The van der Waals surface area contributed by atoms with E-state index in [-0.39, 0.29) is 11.7 Å². The van der Waals surface area contributed by atoms with Crippen LogP contribution < -0.4 is 15.1 Å². The smallest absolute Gasteiger partial charge is 0.258 e. The van der Waals surface area contributed by atoms with Crippen LogP contribution >= 0.6 is 0 Å². The molecule has 0 bridgehead atoms. The van der Waals surface area contributed by atoms with E-state index >= 15 is 0 Å². The molecule has 192 valence electrons. The highest BCUT2D eigenvalue weighted by Gasteiger charge is 2.27. The Morgan fingerprint density at radius 3 is 2.34 bits per heavy atom. The maximum atomic E-state index is 14.8. The summed E-state index contributed by atoms with van der Waals surface area (Å²) in [5.74, 6) is 0.301. The van der Waals surface area contributed by atoms with Crippen molar-refractivity contribution in [3.63, 3.8) is 0 Å². The van der Waals surface area contributed by atoms with Crippen molar-refractivity contribution in [3.8, 4) is 0 Å². The number of benzene rings is 2. The first-order valence-electron chi connectivity index (χ1n) is 13.7. The molecule has 4 rings (SSSR count). The van der Waals surface area contributed by atoms with Crippen LogP contribution in [0.4, 0.5) is 21.5 Å². The van der Waals surface area contributed by atoms with Crippen LogP contribution in [0, 0.1) is 11.7 Å². The van der Waals surface area contributed by atoms with Gasteiger partial charge in [-0.2, -0.15) is 0 Å². The second-order valence-electron chi connectivity index (χ2n) is 10.0. The number of rotatable bonds is 9. The molecule has 2 aromatic carbocycles. The van der Waals surface area contributed by atoms with Crippen molar-refractivity contribution in [3.05, 3.63) is 53.3 Å². The van der Waals surface area contributed by atoms with Crippen LogP contribution in [-0.2, 0) is 6.42 Å². The fourth-order valence-electron chi connectivity index (χ4n) is 4.83. The average molecular weight is 482 g/mol. The van der Waals surface area contributed by atoms with Gasteiger partial charge in [-0.25, -0.2) is 4.39 Å². The van der Waals surface area contributed by atoms with E-state index in [9.17, 15) is 9.18 Å².